The second kappa shape index (κ2) is 24.3. The molecule has 4 aromatic heterocycles. The number of aromatic amines is 2. The number of anilines is 2. The third kappa shape index (κ3) is 10.9. The molecular formula is C71H73F2N10O7-. The molecule has 4 aromatic carbocycles. The van der Waals surface area contributed by atoms with Crippen molar-refractivity contribution in [1.82, 2.24) is 40.0 Å². The third-order valence-corrected chi connectivity index (χ3v) is 19.4. The van der Waals surface area contributed by atoms with E-state index in [4.69, 9.17) is 9.47 Å². The molecule has 8 aromatic rings. The maximum Gasteiger partial charge on any atom is 0.265 e. The van der Waals surface area contributed by atoms with Gasteiger partial charge in [0.15, 0.2) is 0 Å². The second-order valence-electron chi connectivity index (χ2n) is 24.8. The Kier molecular flexibility index (Phi) is 16.0. The van der Waals surface area contributed by atoms with Gasteiger partial charge in [-0.2, -0.15) is 0 Å². The molecule has 0 atom stereocenters. The van der Waals surface area contributed by atoms with Crippen molar-refractivity contribution >= 4 is 62.3 Å². The Morgan fingerprint density at radius 1 is 0.611 bits per heavy atom. The highest BCUT2D eigenvalue weighted by Crippen LogP contribution is 2.46. The second-order valence-corrected chi connectivity index (χ2v) is 24.8. The Morgan fingerprint density at radius 3 is 1.48 bits per heavy atom. The minimum absolute atomic E-state index is 0. The fraction of sp³-hybridized carbons (Fsp3) is 0.352. The Labute approximate surface area is 521 Å². The summed E-state index contributed by atoms with van der Waals surface area (Å²) in [5.41, 5.74) is 13.4. The molecule has 5 N–H and O–H groups in total. The Bertz CT molecular complexity index is 4220. The van der Waals surface area contributed by atoms with Crippen molar-refractivity contribution in [3.05, 3.63) is 173 Å². The van der Waals surface area contributed by atoms with Crippen LogP contribution in [0.4, 0.5) is 20.2 Å². The number of benzene rings is 4. The van der Waals surface area contributed by atoms with E-state index < -0.39 is 23.4 Å². The third-order valence-electron chi connectivity index (χ3n) is 19.4. The number of hydrogen-bond donors (Lipinski definition) is 5. The highest BCUT2D eigenvalue weighted by atomic mass is 19.1. The number of hydrogen-bond acceptors (Lipinski definition) is 12. The topological polar surface area (TPSA) is 196 Å². The summed E-state index contributed by atoms with van der Waals surface area (Å²) < 4.78 is 42.6. The van der Waals surface area contributed by atoms with E-state index in [1.165, 1.54) is 33.1 Å². The molecule has 2 aliphatic carbocycles. The zero-order valence-electron chi connectivity index (χ0n) is 50.7. The number of ether oxygens (including phenoxy) is 2. The molecule has 2 saturated carbocycles. The number of amides is 3. The predicted molar refractivity (Wildman–Crippen MR) is 343 cm³/mol. The molecule has 8 aliphatic rings. The standard InChI is InChI=1S/C36H36FN5O4.C34H34FN5O3.CH3/c1-21(44)41-18-25(19-41)40-11-8-23(9-12-40)31-17-28-27(7-10-38-35(28)39-31)26-3-2-4-32(29(26)20-43)42-13-14-46-33-16-24(22-5-6-22)15-30(37)34(33)36(42)45;35-28-14-22(20-4-5-20)15-31-32(28)34(42)40(12-13-43-31)30-3-1-2-24(27(30)19-41)25-6-9-37-33-26(25)16-29(38-33)21-7-10-39(11-8-21)23-17-36-18-23;/h2-4,7-8,10,15-17,22,25,43H,5-6,9,11-14,18-20H2,1H3,(H,38,39);1-3,6-7,9,14-16,20,23,36,41H,4-5,8,10-13,17-19H2,(H,37,38);1H3/q;;-1. The molecular weight excluding hydrogens is 1140 g/mol. The molecule has 10 heterocycles. The number of aliphatic hydroxyl groups is 2. The number of nitrogens with one attached hydrogen (secondary N) is 3. The van der Waals surface area contributed by atoms with Gasteiger partial charge in [0.2, 0.25) is 5.91 Å². The van der Waals surface area contributed by atoms with Crippen LogP contribution in [0.1, 0.15) is 112 Å². The maximum atomic E-state index is 15.4. The van der Waals surface area contributed by atoms with Crippen LogP contribution in [0, 0.1) is 19.1 Å². The molecule has 16 rings (SSSR count). The number of halogens is 2. The number of nitrogens with zero attached hydrogens (tertiary/aromatic N) is 7. The first-order valence-corrected chi connectivity index (χ1v) is 31.3. The van der Waals surface area contributed by atoms with Gasteiger partial charge in [-0.05, 0) is 156 Å². The van der Waals surface area contributed by atoms with E-state index in [1.807, 2.05) is 59.5 Å². The number of aromatic nitrogens is 4. The fourth-order valence-electron chi connectivity index (χ4n) is 13.9. The molecule has 4 fully saturated rings. The van der Waals surface area contributed by atoms with Crippen LogP contribution in [0.5, 0.6) is 11.5 Å². The molecule has 3 amide bonds. The maximum absolute atomic E-state index is 15.4. The molecule has 17 nitrogen and oxygen atoms in total. The van der Waals surface area contributed by atoms with Gasteiger partial charge in [0.1, 0.15) is 58.8 Å². The summed E-state index contributed by atoms with van der Waals surface area (Å²) in [4.78, 5) is 65.5. The minimum atomic E-state index is -0.570. The van der Waals surface area contributed by atoms with Crippen LogP contribution in [0.25, 0.3) is 55.5 Å². The lowest BCUT2D eigenvalue weighted by molar-refractivity contribution is -0.136. The quantitative estimate of drug-likeness (QED) is 0.0728. The molecule has 2 saturated heterocycles. The monoisotopic (exact) mass is 1220 g/mol. The number of pyridine rings is 2. The predicted octanol–water partition coefficient (Wildman–Crippen LogP) is 10.4. The summed E-state index contributed by atoms with van der Waals surface area (Å²) in [5, 5.41) is 26.6. The number of aliphatic hydroxyl groups excluding tert-OH is 2. The normalized spacial score (nSPS) is 19.1. The molecule has 0 spiro atoms. The van der Waals surface area contributed by atoms with Gasteiger partial charge in [-0.1, -0.05) is 36.4 Å². The smallest absolute Gasteiger partial charge is 0.265 e. The van der Waals surface area contributed by atoms with Crippen LogP contribution in [-0.2, 0) is 18.0 Å². The van der Waals surface area contributed by atoms with Gasteiger partial charge in [0, 0.05) is 117 Å². The van der Waals surface area contributed by atoms with Crippen molar-refractivity contribution < 1.29 is 42.9 Å². The Balaban J connectivity index is 0.000000156. The Morgan fingerprint density at radius 2 is 1.08 bits per heavy atom. The van der Waals surface area contributed by atoms with E-state index in [-0.39, 0.29) is 69.7 Å². The summed E-state index contributed by atoms with van der Waals surface area (Å²) in [5.74, 6) is -0.661. The molecule has 0 bridgehead atoms. The van der Waals surface area contributed by atoms with Gasteiger partial charge in [0.05, 0.1) is 37.7 Å². The van der Waals surface area contributed by atoms with Crippen molar-refractivity contribution in [1.29, 1.82) is 0 Å². The van der Waals surface area contributed by atoms with Crippen LogP contribution in [0.15, 0.2) is 109 Å². The number of H-pyrrole nitrogens is 2. The number of fused-ring (bicyclic) bond motifs is 4. The van der Waals surface area contributed by atoms with E-state index in [0.717, 1.165) is 158 Å². The summed E-state index contributed by atoms with van der Waals surface area (Å²) in [6.07, 6.45) is 14.0. The van der Waals surface area contributed by atoms with Gasteiger partial charge in [-0.15, -0.1) is 0 Å². The number of carbonyl (C=O) groups is 3. The van der Waals surface area contributed by atoms with Gasteiger partial charge in [-0.25, -0.2) is 18.7 Å². The lowest BCUT2D eigenvalue weighted by Gasteiger charge is -2.46. The van der Waals surface area contributed by atoms with Gasteiger partial charge < -0.3 is 57.1 Å². The van der Waals surface area contributed by atoms with Crippen molar-refractivity contribution in [3.8, 4) is 33.8 Å². The molecule has 0 unspecified atom stereocenters. The van der Waals surface area contributed by atoms with Crippen molar-refractivity contribution in [2.24, 2.45) is 0 Å². The van der Waals surface area contributed by atoms with Crippen LogP contribution in [0.3, 0.4) is 0 Å². The summed E-state index contributed by atoms with van der Waals surface area (Å²) in [6.45, 7) is 9.37. The van der Waals surface area contributed by atoms with E-state index in [9.17, 15) is 24.6 Å². The molecule has 0 radical (unpaired) electrons. The van der Waals surface area contributed by atoms with E-state index in [2.05, 4.69) is 59.3 Å². The van der Waals surface area contributed by atoms with Crippen LogP contribution >= 0.6 is 0 Å². The zero-order chi connectivity index (χ0) is 60.6. The average molecular weight is 1220 g/mol. The lowest BCUT2D eigenvalue weighted by Crippen LogP contribution is -2.61. The number of likely N-dealkylation sites (tertiary alicyclic amines) is 1. The summed E-state index contributed by atoms with van der Waals surface area (Å²) >= 11 is 0. The first-order valence-electron chi connectivity index (χ1n) is 31.3. The molecule has 6 aliphatic heterocycles. The van der Waals surface area contributed by atoms with E-state index in [0.29, 0.717) is 52.2 Å². The Hall–Kier alpha value is -8.59. The molecule has 90 heavy (non-hydrogen) atoms. The average Bonchev–Trinajstić information content (AvgIpc) is 1.51. The molecule has 464 valence electrons. The van der Waals surface area contributed by atoms with Crippen LogP contribution in [0.2, 0.25) is 0 Å². The minimum Gasteiger partial charge on any atom is -0.491 e. The highest BCUT2D eigenvalue weighted by Gasteiger charge is 2.37. The van der Waals surface area contributed by atoms with Crippen LogP contribution < -0.4 is 24.6 Å². The molecule has 19 heteroatoms. The van der Waals surface area contributed by atoms with E-state index >= 15 is 8.78 Å². The van der Waals surface area contributed by atoms with Crippen molar-refractivity contribution in [2.75, 3.05) is 88.5 Å². The largest absolute Gasteiger partial charge is 0.491 e. The summed E-state index contributed by atoms with van der Waals surface area (Å²) in [7, 11) is 0. The van der Waals surface area contributed by atoms with Crippen molar-refractivity contribution in [3.63, 3.8) is 0 Å². The zero-order valence-corrected chi connectivity index (χ0v) is 50.7. The lowest BCUT2D eigenvalue weighted by atomic mass is 9.95. The SMILES string of the molecule is CC(=O)N1CC(N2CC=C(c3cc4c(-c5cccc(N6CCOc7cc(C8CC8)cc(F)c7C6=O)c5CO)ccnc4[nH]3)CC2)C1.O=C1c2c(F)cc(C3CC3)cc2OCCN1c1cccc(-c2ccnc3[nH]c(C4=CCN(C5CNC5)CC4)cc23)c1CO.[CH3-]. The van der Waals surface area contributed by atoms with Gasteiger partial charge >= 0.3 is 0 Å². The highest BCUT2D eigenvalue weighted by molar-refractivity contribution is 6.11. The van der Waals surface area contributed by atoms with Crippen LogP contribution in [-0.4, -0.2) is 153 Å². The summed E-state index contributed by atoms with van der Waals surface area (Å²) in [6, 6.07) is 27.0. The first kappa shape index (κ1) is 59.1. The number of carbonyl (C=O) groups excluding carboxylic acids is 3. The van der Waals surface area contributed by atoms with Crippen molar-refractivity contribution in [2.45, 2.75) is 82.6 Å². The van der Waals surface area contributed by atoms with Gasteiger partial charge in [-0.3, -0.25) is 24.2 Å². The van der Waals surface area contributed by atoms with E-state index in [1.54, 1.807) is 25.4 Å². The first-order chi connectivity index (χ1) is 43.5. The number of rotatable bonds is 12. The van der Waals surface area contributed by atoms with Gasteiger partial charge in [0.25, 0.3) is 11.8 Å². The fourth-order valence-corrected chi connectivity index (χ4v) is 13.9.